The summed E-state index contributed by atoms with van der Waals surface area (Å²) < 4.78 is 13.1. The minimum Gasteiger partial charge on any atom is -0.336 e. The average molecular weight is 234 g/mol. The van der Waals surface area contributed by atoms with Crippen LogP contribution in [0.15, 0.2) is 30.8 Å². The van der Waals surface area contributed by atoms with Gasteiger partial charge in [-0.25, -0.2) is 4.39 Å². The zero-order valence-corrected chi connectivity index (χ0v) is 9.58. The van der Waals surface area contributed by atoms with Crippen LogP contribution in [0.4, 0.5) is 4.39 Å². The summed E-state index contributed by atoms with van der Waals surface area (Å²) in [7, 11) is 0. The highest BCUT2D eigenvalue weighted by Gasteiger charge is 2.19. The molecule has 1 aromatic rings. The number of rotatable bonds is 2. The first-order valence-corrected chi connectivity index (χ1v) is 5.63. The molecule has 1 aliphatic heterocycles. The number of hydrogen-bond acceptors (Lipinski definition) is 2. The predicted octanol–water partition coefficient (Wildman–Crippen LogP) is 1.27. The first-order chi connectivity index (χ1) is 8.18. The standard InChI is InChI=1S/C13H15FN2O/c1-10(11-3-2-4-12(14)9-11)13(17)16-7-5-15-6-8-16/h2-4,9,15H,1,5-8H2. The SMILES string of the molecule is C=C(C(=O)N1CCNCC1)c1cccc(F)c1. The third-order valence-electron chi connectivity index (χ3n) is 2.84. The van der Waals surface area contributed by atoms with E-state index >= 15 is 0 Å². The van der Waals surface area contributed by atoms with Crippen LogP contribution in [-0.2, 0) is 4.79 Å². The van der Waals surface area contributed by atoms with Gasteiger partial charge in [-0.3, -0.25) is 4.79 Å². The Morgan fingerprint density at radius 3 is 2.71 bits per heavy atom. The molecule has 0 saturated carbocycles. The van der Waals surface area contributed by atoms with E-state index in [1.807, 2.05) is 0 Å². The molecule has 1 aliphatic rings. The highest BCUT2D eigenvalue weighted by Crippen LogP contribution is 2.16. The van der Waals surface area contributed by atoms with Gasteiger partial charge in [0.25, 0.3) is 5.91 Å². The Labute approximate surface area is 99.9 Å². The number of hydrogen-bond donors (Lipinski definition) is 1. The smallest absolute Gasteiger partial charge is 0.253 e. The van der Waals surface area contributed by atoms with Crippen LogP contribution in [0, 0.1) is 5.82 Å². The zero-order valence-electron chi connectivity index (χ0n) is 9.58. The van der Waals surface area contributed by atoms with Gasteiger partial charge in [0.2, 0.25) is 0 Å². The van der Waals surface area contributed by atoms with E-state index in [4.69, 9.17) is 0 Å². The summed E-state index contributed by atoms with van der Waals surface area (Å²) in [4.78, 5) is 13.8. The molecule has 2 rings (SSSR count). The molecule has 17 heavy (non-hydrogen) atoms. The van der Waals surface area contributed by atoms with Crippen LogP contribution < -0.4 is 5.32 Å². The molecule has 1 N–H and O–H groups in total. The Hall–Kier alpha value is -1.68. The Morgan fingerprint density at radius 1 is 1.35 bits per heavy atom. The summed E-state index contributed by atoms with van der Waals surface area (Å²) in [5.74, 6) is -0.464. The second-order valence-corrected chi connectivity index (χ2v) is 4.03. The molecule has 0 bridgehead atoms. The van der Waals surface area contributed by atoms with Gasteiger partial charge in [0.15, 0.2) is 0 Å². The van der Waals surface area contributed by atoms with E-state index in [0.29, 0.717) is 24.2 Å². The van der Waals surface area contributed by atoms with Crippen molar-refractivity contribution in [2.45, 2.75) is 0 Å². The molecule has 4 heteroatoms. The van der Waals surface area contributed by atoms with Gasteiger partial charge in [-0.15, -0.1) is 0 Å². The molecule has 0 aromatic heterocycles. The van der Waals surface area contributed by atoms with Crippen molar-refractivity contribution in [3.05, 3.63) is 42.2 Å². The maximum absolute atomic E-state index is 13.1. The molecule has 3 nitrogen and oxygen atoms in total. The maximum atomic E-state index is 13.1. The number of nitrogens with zero attached hydrogens (tertiary/aromatic N) is 1. The number of piperazine rings is 1. The fraction of sp³-hybridized carbons (Fsp3) is 0.308. The first kappa shape index (κ1) is 11.8. The van der Waals surface area contributed by atoms with Crippen LogP contribution in [0.5, 0.6) is 0 Å². The largest absolute Gasteiger partial charge is 0.336 e. The summed E-state index contributed by atoms with van der Waals surface area (Å²) in [6.07, 6.45) is 0. The van der Waals surface area contributed by atoms with E-state index in [9.17, 15) is 9.18 Å². The van der Waals surface area contributed by atoms with E-state index in [0.717, 1.165) is 13.1 Å². The molecule has 0 atom stereocenters. The second kappa shape index (κ2) is 5.10. The van der Waals surface area contributed by atoms with Crippen molar-refractivity contribution < 1.29 is 9.18 Å². The number of carbonyl (C=O) groups is 1. The Bertz CT molecular complexity index is 439. The van der Waals surface area contributed by atoms with Crippen molar-refractivity contribution in [1.82, 2.24) is 10.2 Å². The quantitative estimate of drug-likeness (QED) is 0.782. The zero-order chi connectivity index (χ0) is 12.3. The molecule has 1 saturated heterocycles. The lowest BCUT2D eigenvalue weighted by molar-refractivity contribution is -0.125. The normalized spacial score (nSPS) is 15.7. The third-order valence-corrected chi connectivity index (χ3v) is 2.84. The summed E-state index contributed by atoms with van der Waals surface area (Å²) >= 11 is 0. The van der Waals surface area contributed by atoms with Gasteiger partial charge in [-0.2, -0.15) is 0 Å². The van der Waals surface area contributed by atoms with E-state index < -0.39 is 0 Å². The molecule has 1 aromatic carbocycles. The van der Waals surface area contributed by atoms with Crippen LogP contribution in [0.3, 0.4) is 0 Å². The number of nitrogens with one attached hydrogen (secondary N) is 1. The number of benzene rings is 1. The second-order valence-electron chi connectivity index (χ2n) is 4.03. The van der Waals surface area contributed by atoms with E-state index in [-0.39, 0.29) is 11.7 Å². The summed E-state index contributed by atoms with van der Waals surface area (Å²) in [6, 6.07) is 5.97. The first-order valence-electron chi connectivity index (χ1n) is 5.63. The Kier molecular flexibility index (Phi) is 3.54. The molecular formula is C13H15FN2O. The van der Waals surface area contributed by atoms with E-state index in [1.165, 1.54) is 12.1 Å². The molecule has 1 fully saturated rings. The van der Waals surface area contributed by atoms with Crippen LogP contribution >= 0.6 is 0 Å². The number of halogens is 1. The van der Waals surface area contributed by atoms with Crippen molar-refractivity contribution in [3.63, 3.8) is 0 Å². The van der Waals surface area contributed by atoms with Gasteiger partial charge in [-0.05, 0) is 17.7 Å². The van der Waals surface area contributed by atoms with Gasteiger partial charge in [0, 0.05) is 31.8 Å². The molecule has 90 valence electrons. The summed E-state index contributed by atoms with van der Waals surface area (Å²) in [5, 5.41) is 3.17. The molecule has 0 spiro atoms. The Morgan fingerprint density at radius 2 is 2.06 bits per heavy atom. The lowest BCUT2D eigenvalue weighted by atomic mass is 10.1. The molecule has 0 radical (unpaired) electrons. The van der Waals surface area contributed by atoms with Crippen molar-refractivity contribution in [3.8, 4) is 0 Å². The van der Waals surface area contributed by atoms with Gasteiger partial charge in [0.05, 0.1) is 0 Å². The van der Waals surface area contributed by atoms with Crippen molar-refractivity contribution >= 4 is 11.5 Å². The third kappa shape index (κ3) is 2.71. The molecule has 0 unspecified atom stereocenters. The summed E-state index contributed by atoms with van der Waals surface area (Å²) in [6.45, 7) is 6.70. The van der Waals surface area contributed by atoms with Crippen LogP contribution in [-0.4, -0.2) is 37.0 Å². The van der Waals surface area contributed by atoms with E-state index in [2.05, 4.69) is 11.9 Å². The maximum Gasteiger partial charge on any atom is 0.253 e. The molecule has 0 aliphatic carbocycles. The fourth-order valence-electron chi connectivity index (χ4n) is 1.86. The highest BCUT2D eigenvalue weighted by molar-refractivity contribution is 6.18. The van der Waals surface area contributed by atoms with Crippen molar-refractivity contribution in [2.75, 3.05) is 26.2 Å². The van der Waals surface area contributed by atoms with Gasteiger partial charge < -0.3 is 10.2 Å². The monoisotopic (exact) mass is 234 g/mol. The minimum atomic E-state index is -0.350. The molecular weight excluding hydrogens is 219 g/mol. The van der Waals surface area contributed by atoms with Crippen LogP contribution in [0.2, 0.25) is 0 Å². The summed E-state index contributed by atoms with van der Waals surface area (Å²) in [5.41, 5.74) is 0.903. The molecule has 1 heterocycles. The fourth-order valence-corrected chi connectivity index (χ4v) is 1.86. The van der Waals surface area contributed by atoms with Gasteiger partial charge in [-0.1, -0.05) is 18.7 Å². The average Bonchev–Trinajstić information content (AvgIpc) is 2.38. The van der Waals surface area contributed by atoms with Crippen LogP contribution in [0.1, 0.15) is 5.56 Å². The lowest BCUT2D eigenvalue weighted by Crippen LogP contribution is -2.46. The Balaban J connectivity index is 2.11. The van der Waals surface area contributed by atoms with Crippen molar-refractivity contribution in [1.29, 1.82) is 0 Å². The number of amides is 1. The minimum absolute atomic E-state index is 0.114. The predicted molar refractivity (Wildman–Crippen MR) is 64.9 cm³/mol. The lowest BCUT2D eigenvalue weighted by Gasteiger charge is -2.28. The van der Waals surface area contributed by atoms with Gasteiger partial charge >= 0.3 is 0 Å². The van der Waals surface area contributed by atoms with Crippen LogP contribution in [0.25, 0.3) is 5.57 Å². The van der Waals surface area contributed by atoms with Crippen molar-refractivity contribution in [2.24, 2.45) is 0 Å². The van der Waals surface area contributed by atoms with Gasteiger partial charge in [0.1, 0.15) is 5.82 Å². The topological polar surface area (TPSA) is 32.3 Å². The molecule has 1 amide bonds. The highest BCUT2D eigenvalue weighted by atomic mass is 19.1. The van der Waals surface area contributed by atoms with E-state index in [1.54, 1.807) is 17.0 Å². The number of carbonyl (C=O) groups excluding carboxylic acids is 1.